The zero-order chi connectivity index (χ0) is 22.8. The molecule has 0 aliphatic carbocycles. The van der Waals surface area contributed by atoms with Crippen molar-refractivity contribution < 1.29 is 19.5 Å². The molecule has 1 N–H and O–H groups in total. The Balaban J connectivity index is 1.41. The van der Waals surface area contributed by atoms with Crippen LogP contribution < -0.4 is 4.90 Å². The smallest absolute Gasteiger partial charge is 0.335 e. The number of rotatable bonds is 5. The zero-order valence-electron chi connectivity index (χ0n) is 18.2. The highest BCUT2D eigenvalue weighted by molar-refractivity contribution is 6.00. The van der Waals surface area contributed by atoms with Crippen LogP contribution >= 0.6 is 0 Å². The summed E-state index contributed by atoms with van der Waals surface area (Å²) in [5.74, 6) is -1.01. The summed E-state index contributed by atoms with van der Waals surface area (Å²) in [6.45, 7) is 3.36. The third-order valence-electron chi connectivity index (χ3n) is 6.12. The second kappa shape index (κ2) is 8.82. The fourth-order valence-corrected chi connectivity index (χ4v) is 4.23. The molecule has 32 heavy (non-hydrogen) atoms. The molecule has 166 valence electrons. The summed E-state index contributed by atoms with van der Waals surface area (Å²) in [5.41, 5.74) is 3.31. The number of carbonyl (C=O) groups is 3. The van der Waals surface area contributed by atoms with Gasteiger partial charge >= 0.3 is 12.0 Å². The minimum absolute atomic E-state index is 0.108. The van der Waals surface area contributed by atoms with E-state index in [0.29, 0.717) is 43.7 Å². The normalized spacial score (nSPS) is 14.5. The molecule has 0 saturated carbocycles. The second-order valence-electron chi connectivity index (χ2n) is 8.06. The number of hydrogen-bond acceptors (Lipinski definition) is 4. The van der Waals surface area contributed by atoms with Gasteiger partial charge in [-0.2, -0.15) is 0 Å². The van der Waals surface area contributed by atoms with Gasteiger partial charge in [-0.05, 0) is 62.2 Å². The van der Waals surface area contributed by atoms with Gasteiger partial charge in [0.25, 0.3) is 0 Å². The maximum Gasteiger partial charge on any atom is 0.335 e. The minimum atomic E-state index is -1.000. The second-order valence-corrected chi connectivity index (χ2v) is 8.06. The summed E-state index contributed by atoms with van der Waals surface area (Å²) >= 11 is 0. The predicted molar refractivity (Wildman–Crippen MR) is 121 cm³/mol. The maximum absolute atomic E-state index is 13.1. The Hall–Kier alpha value is -3.68. The standard InChI is InChI=1S/C24H26N4O4/c1-3-28(19-7-4-17(5-8-19)23(30)31)24(32)27-12-10-16(11-13-27)22(29)18-6-9-20-21(14-18)26(2)15-25-20/h4-9,14-16H,3,10-13H2,1-2H3,(H,30,31). The molecule has 2 heterocycles. The van der Waals surface area contributed by atoms with Gasteiger partial charge in [-0.25, -0.2) is 14.6 Å². The molecule has 0 atom stereocenters. The van der Waals surface area contributed by atoms with Crippen molar-refractivity contribution in [1.82, 2.24) is 14.5 Å². The van der Waals surface area contributed by atoms with E-state index in [1.165, 1.54) is 12.1 Å². The van der Waals surface area contributed by atoms with Crippen molar-refractivity contribution in [2.24, 2.45) is 13.0 Å². The van der Waals surface area contributed by atoms with Crippen LogP contribution in [0, 0.1) is 5.92 Å². The summed E-state index contributed by atoms with van der Waals surface area (Å²) in [6.07, 6.45) is 2.96. The molecule has 8 nitrogen and oxygen atoms in total. The summed E-state index contributed by atoms with van der Waals surface area (Å²) in [5, 5.41) is 9.07. The van der Waals surface area contributed by atoms with E-state index in [1.807, 2.05) is 36.7 Å². The van der Waals surface area contributed by atoms with E-state index >= 15 is 0 Å². The van der Waals surface area contributed by atoms with Gasteiger partial charge in [0, 0.05) is 43.9 Å². The first-order chi connectivity index (χ1) is 15.4. The molecule has 1 aromatic heterocycles. The molecule has 0 unspecified atom stereocenters. The molecule has 2 amide bonds. The van der Waals surface area contributed by atoms with Crippen LogP contribution in [-0.2, 0) is 7.05 Å². The lowest BCUT2D eigenvalue weighted by atomic mass is 9.89. The predicted octanol–water partition coefficient (Wildman–Crippen LogP) is 3.81. The number of carboxylic acids is 1. The number of likely N-dealkylation sites (tertiary alicyclic amines) is 1. The summed E-state index contributed by atoms with van der Waals surface area (Å²) in [4.78, 5) is 44.9. The van der Waals surface area contributed by atoms with Crippen molar-refractivity contribution in [2.45, 2.75) is 19.8 Å². The third kappa shape index (κ3) is 4.08. The molecule has 4 rings (SSSR count). The van der Waals surface area contributed by atoms with Crippen LogP contribution in [0.4, 0.5) is 10.5 Å². The Morgan fingerprint density at radius 3 is 2.34 bits per heavy atom. The van der Waals surface area contributed by atoms with E-state index in [1.54, 1.807) is 28.3 Å². The Morgan fingerprint density at radius 1 is 1.06 bits per heavy atom. The third-order valence-corrected chi connectivity index (χ3v) is 6.12. The fraction of sp³-hybridized carbons (Fsp3) is 0.333. The van der Waals surface area contributed by atoms with Gasteiger partial charge in [0.05, 0.1) is 22.9 Å². The molecule has 3 aromatic rings. The molecule has 2 aromatic carbocycles. The molecule has 1 fully saturated rings. The van der Waals surface area contributed by atoms with Gasteiger partial charge in [-0.1, -0.05) is 0 Å². The van der Waals surface area contributed by atoms with Crippen LogP contribution in [0.1, 0.15) is 40.5 Å². The lowest BCUT2D eigenvalue weighted by Crippen LogP contribution is -2.47. The van der Waals surface area contributed by atoms with Gasteiger partial charge in [0.2, 0.25) is 0 Å². The van der Waals surface area contributed by atoms with Crippen LogP contribution in [0.15, 0.2) is 48.8 Å². The molecule has 0 spiro atoms. The van der Waals surface area contributed by atoms with Gasteiger partial charge in [0.1, 0.15) is 0 Å². The van der Waals surface area contributed by atoms with E-state index in [-0.39, 0.29) is 23.3 Å². The number of carbonyl (C=O) groups excluding carboxylic acids is 2. The van der Waals surface area contributed by atoms with Gasteiger partial charge in [-0.3, -0.25) is 9.69 Å². The number of amides is 2. The Morgan fingerprint density at radius 2 is 1.72 bits per heavy atom. The molecule has 1 saturated heterocycles. The number of aromatic nitrogens is 2. The highest BCUT2D eigenvalue weighted by Gasteiger charge is 2.30. The molecule has 1 aliphatic rings. The van der Waals surface area contributed by atoms with Gasteiger partial charge < -0.3 is 14.6 Å². The molecule has 0 bridgehead atoms. The minimum Gasteiger partial charge on any atom is -0.478 e. The Kier molecular flexibility index (Phi) is 5.94. The number of Topliss-reactive ketones (excluding diaryl/α,β-unsaturated/α-hetero) is 1. The summed E-state index contributed by atoms with van der Waals surface area (Å²) in [6, 6.07) is 11.8. The molecule has 0 radical (unpaired) electrons. The number of imidazole rings is 1. The van der Waals surface area contributed by atoms with Crippen molar-refractivity contribution in [3.05, 3.63) is 59.9 Å². The number of urea groups is 1. The quantitative estimate of drug-likeness (QED) is 0.616. The fourth-order valence-electron chi connectivity index (χ4n) is 4.23. The van der Waals surface area contributed by atoms with Crippen LogP contribution in [0.3, 0.4) is 0 Å². The van der Waals surface area contributed by atoms with Crippen molar-refractivity contribution in [3.63, 3.8) is 0 Å². The van der Waals surface area contributed by atoms with Crippen molar-refractivity contribution in [3.8, 4) is 0 Å². The summed E-state index contributed by atoms with van der Waals surface area (Å²) in [7, 11) is 1.91. The van der Waals surface area contributed by atoms with E-state index in [4.69, 9.17) is 5.11 Å². The highest BCUT2D eigenvalue weighted by atomic mass is 16.4. The number of ketones is 1. The van der Waals surface area contributed by atoms with Crippen LogP contribution in [-0.4, -0.2) is 57.0 Å². The average molecular weight is 434 g/mol. The van der Waals surface area contributed by atoms with Crippen molar-refractivity contribution >= 4 is 34.5 Å². The number of benzene rings is 2. The Labute approximate surface area is 186 Å². The number of anilines is 1. The lowest BCUT2D eigenvalue weighted by molar-refractivity contribution is 0.0696. The first-order valence-electron chi connectivity index (χ1n) is 10.7. The summed E-state index contributed by atoms with van der Waals surface area (Å²) < 4.78 is 1.90. The first-order valence-corrected chi connectivity index (χ1v) is 10.7. The van der Waals surface area contributed by atoms with Gasteiger partial charge in [0.15, 0.2) is 5.78 Å². The number of fused-ring (bicyclic) bond motifs is 1. The van der Waals surface area contributed by atoms with E-state index in [9.17, 15) is 14.4 Å². The monoisotopic (exact) mass is 434 g/mol. The van der Waals surface area contributed by atoms with E-state index in [2.05, 4.69) is 4.98 Å². The topological polar surface area (TPSA) is 95.7 Å². The molecular weight excluding hydrogens is 408 g/mol. The van der Waals surface area contributed by atoms with Gasteiger partial charge in [-0.15, -0.1) is 0 Å². The van der Waals surface area contributed by atoms with Crippen LogP contribution in [0.5, 0.6) is 0 Å². The number of carboxylic acid groups (broad SMARTS) is 1. The SMILES string of the molecule is CCN(C(=O)N1CCC(C(=O)c2ccc3ncn(C)c3c2)CC1)c1ccc(C(=O)O)cc1. The van der Waals surface area contributed by atoms with E-state index < -0.39 is 5.97 Å². The number of aromatic carboxylic acids is 1. The number of hydrogen-bond donors (Lipinski definition) is 1. The first kappa shape index (κ1) is 21.5. The number of nitrogens with zero attached hydrogens (tertiary/aromatic N) is 4. The number of aryl methyl sites for hydroxylation is 1. The van der Waals surface area contributed by atoms with Crippen LogP contribution in [0.2, 0.25) is 0 Å². The molecule has 1 aliphatic heterocycles. The highest BCUT2D eigenvalue weighted by Crippen LogP contribution is 2.25. The van der Waals surface area contributed by atoms with E-state index in [0.717, 1.165) is 11.0 Å². The lowest BCUT2D eigenvalue weighted by Gasteiger charge is -2.35. The van der Waals surface area contributed by atoms with Crippen molar-refractivity contribution in [2.75, 3.05) is 24.5 Å². The van der Waals surface area contributed by atoms with Crippen molar-refractivity contribution in [1.29, 1.82) is 0 Å². The molecular formula is C24H26N4O4. The zero-order valence-corrected chi connectivity index (χ0v) is 18.2. The molecule has 8 heteroatoms. The average Bonchev–Trinajstić information content (AvgIpc) is 3.19. The number of piperidine rings is 1. The maximum atomic E-state index is 13.1. The largest absolute Gasteiger partial charge is 0.478 e. The Bertz CT molecular complexity index is 1160. The van der Waals surface area contributed by atoms with Crippen LogP contribution in [0.25, 0.3) is 11.0 Å².